The summed E-state index contributed by atoms with van der Waals surface area (Å²) < 4.78 is 39.1. The lowest BCUT2D eigenvalue weighted by atomic mass is 9.96. The minimum absolute atomic E-state index is 0.0899. The standard InChI is InChI=1S/C22H35N3O5S/c1-16-5-6-18(31(27,28)24-22(2,3)4)13-19(16)21(26)23-14-20(17-7-10-30-15-17)25-8-11-29-12-9-25/h5-6,13,17,20,24H,7-12,14-15H2,1-4H3,(H,23,26). The molecule has 3 rings (SSSR count). The zero-order chi connectivity index (χ0) is 22.6. The van der Waals surface area contributed by atoms with Gasteiger partial charge in [-0.15, -0.1) is 0 Å². The van der Waals surface area contributed by atoms with Crippen molar-refractivity contribution in [3.63, 3.8) is 0 Å². The van der Waals surface area contributed by atoms with Crippen molar-refractivity contribution in [2.75, 3.05) is 46.1 Å². The first-order valence-corrected chi connectivity index (χ1v) is 12.4. The maximum Gasteiger partial charge on any atom is 0.251 e. The fourth-order valence-corrected chi connectivity index (χ4v) is 5.57. The largest absolute Gasteiger partial charge is 0.381 e. The number of rotatable bonds is 7. The molecule has 31 heavy (non-hydrogen) atoms. The van der Waals surface area contributed by atoms with E-state index in [9.17, 15) is 13.2 Å². The molecule has 2 N–H and O–H groups in total. The summed E-state index contributed by atoms with van der Waals surface area (Å²) in [4.78, 5) is 15.5. The van der Waals surface area contributed by atoms with Gasteiger partial charge in [0.2, 0.25) is 10.0 Å². The summed E-state index contributed by atoms with van der Waals surface area (Å²) in [5.41, 5.74) is 0.500. The SMILES string of the molecule is Cc1ccc(S(=O)(=O)NC(C)(C)C)cc1C(=O)NCC(C1CCOC1)N1CCOCC1. The lowest BCUT2D eigenvalue weighted by Crippen LogP contribution is -2.52. The lowest BCUT2D eigenvalue weighted by molar-refractivity contribution is 0.00166. The first-order valence-electron chi connectivity index (χ1n) is 10.9. The molecule has 0 radical (unpaired) electrons. The van der Waals surface area contributed by atoms with Crippen molar-refractivity contribution in [1.29, 1.82) is 0 Å². The van der Waals surface area contributed by atoms with Gasteiger partial charge in [-0.3, -0.25) is 9.69 Å². The summed E-state index contributed by atoms with van der Waals surface area (Å²) in [6.45, 7) is 12.2. The van der Waals surface area contributed by atoms with Crippen molar-refractivity contribution in [3.8, 4) is 0 Å². The fourth-order valence-electron chi connectivity index (χ4n) is 4.13. The van der Waals surface area contributed by atoms with Gasteiger partial charge in [0.05, 0.1) is 24.7 Å². The second kappa shape index (κ2) is 9.95. The van der Waals surface area contributed by atoms with Gasteiger partial charge in [0, 0.05) is 49.3 Å². The van der Waals surface area contributed by atoms with Crippen molar-refractivity contribution in [1.82, 2.24) is 14.9 Å². The lowest BCUT2D eigenvalue weighted by Gasteiger charge is -2.37. The Kier molecular flexibility index (Phi) is 7.75. The van der Waals surface area contributed by atoms with E-state index in [1.807, 2.05) is 6.92 Å². The maximum atomic E-state index is 13.0. The van der Waals surface area contributed by atoms with E-state index in [-0.39, 0.29) is 16.8 Å². The second-order valence-electron chi connectivity index (χ2n) is 9.38. The first kappa shape index (κ1) is 24.1. The van der Waals surface area contributed by atoms with Gasteiger partial charge < -0.3 is 14.8 Å². The van der Waals surface area contributed by atoms with Crippen LogP contribution in [0.1, 0.15) is 43.1 Å². The van der Waals surface area contributed by atoms with Gasteiger partial charge in [-0.1, -0.05) is 6.07 Å². The molecule has 8 nitrogen and oxygen atoms in total. The molecule has 174 valence electrons. The third kappa shape index (κ3) is 6.49. The van der Waals surface area contributed by atoms with E-state index in [4.69, 9.17) is 9.47 Å². The van der Waals surface area contributed by atoms with E-state index in [1.165, 1.54) is 12.1 Å². The zero-order valence-corrected chi connectivity index (χ0v) is 19.8. The Morgan fingerprint density at radius 3 is 2.52 bits per heavy atom. The van der Waals surface area contributed by atoms with Gasteiger partial charge in [0.1, 0.15) is 0 Å². The summed E-state index contributed by atoms with van der Waals surface area (Å²) in [6.07, 6.45) is 0.975. The van der Waals surface area contributed by atoms with Crippen molar-refractivity contribution in [2.24, 2.45) is 5.92 Å². The van der Waals surface area contributed by atoms with Gasteiger partial charge in [0.25, 0.3) is 5.91 Å². The molecule has 2 unspecified atom stereocenters. The smallest absolute Gasteiger partial charge is 0.251 e. The molecule has 0 bridgehead atoms. The van der Waals surface area contributed by atoms with E-state index in [1.54, 1.807) is 26.8 Å². The van der Waals surface area contributed by atoms with Crippen LogP contribution in [0, 0.1) is 12.8 Å². The van der Waals surface area contributed by atoms with E-state index >= 15 is 0 Å². The van der Waals surface area contributed by atoms with Gasteiger partial charge in [0.15, 0.2) is 0 Å². The third-order valence-electron chi connectivity index (χ3n) is 5.70. The quantitative estimate of drug-likeness (QED) is 0.650. The number of hydrogen-bond acceptors (Lipinski definition) is 6. The van der Waals surface area contributed by atoms with Crippen LogP contribution in [0.4, 0.5) is 0 Å². The minimum Gasteiger partial charge on any atom is -0.381 e. The topological polar surface area (TPSA) is 97.0 Å². The van der Waals surface area contributed by atoms with Crippen LogP contribution in [-0.2, 0) is 19.5 Å². The molecule has 2 atom stereocenters. The molecule has 2 heterocycles. The molecular weight excluding hydrogens is 418 g/mol. The van der Waals surface area contributed by atoms with Gasteiger partial charge in [-0.05, 0) is 51.8 Å². The molecule has 2 fully saturated rings. The Hall–Kier alpha value is -1.52. The zero-order valence-electron chi connectivity index (χ0n) is 18.9. The normalized spacial score (nSPS) is 21.7. The molecule has 0 spiro atoms. The number of hydrogen-bond donors (Lipinski definition) is 2. The van der Waals surface area contributed by atoms with Crippen molar-refractivity contribution < 1.29 is 22.7 Å². The molecule has 2 aliphatic rings. The molecule has 1 amide bonds. The van der Waals surface area contributed by atoms with Crippen molar-refractivity contribution in [3.05, 3.63) is 29.3 Å². The highest BCUT2D eigenvalue weighted by molar-refractivity contribution is 7.89. The highest BCUT2D eigenvalue weighted by Gasteiger charge is 2.32. The van der Waals surface area contributed by atoms with Crippen LogP contribution in [0.25, 0.3) is 0 Å². The molecular formula is C22H35N3O5S. The van der Waals surface area contributed by atoms with Crippen LogP contribution in [0.3, 0.4) is 0 Å². The summed E-state index contributed by atoms with van der Waals surface area (Å²) in [5, 5.41) is 3.05. The van der Waals surface area contributed by atoms with Gasteiger partial charge >= 0.3 is 0 Å². The number of ether oxygens (including phenoxy) is 2. The molecule has 0 aliphatic carbocycles. The number of carbonyl (C=O) groups excluding carboxylic acids is 1. The Bertz CT molecular complexity index is 870. The number of benzene rings is 1. The van der Waals surface area contributed by atoms with Gasteiger partial charge in [-0.25, -0.2) is 13.1 Å². The number of amides is 1. The molecule has 0 saturated carbocycles. The number of carbonyl (C=O) groups is 1. The van der Waals surface area contributed by atoms with Crippen LogP contribution < -0.4 is 10.0 Å². The number of nitrogens with one attached hydrogen (secondary N) is 2. The molecule has 2 aliphatic heterocycles. The summed E-state index contributed by atoms with van der Waals surface area (Å²) in [6, 6.07) is 4.84. The fraction of sp³-hybridized carbons (Fsp3) is 0.682. The second-order valence-corrected chi connectivity index (χ2v) is 11.1. The van der Waals surface area contributed by atoms with Crippen LogP contribution >= 0.6 is 0 Å². The number of aryl methyl sites for hydroxylation is 1. The van der Waals surface area contributed by atoms with Gasteiger partial charge in [-0.2, -0.15) is 0 Å². The maximum absolute atomic E-state index is 13.0. The average molecular weight is 454 g/mol. The van der Waals surface area contributed by atoms with Crippen LogP contribution in [0.15, 0.2) is 23.1 Å². The molecule has 2 saturated heterocycles. The van der Waals surface area contributed by atoms with Crippen LogP contribution in [0.5, 0.6) is 0 Å². The Morgan fingerprint density at radius 1 is 1.19 bits per heavy atom. The molecule has 1 aromatic carbocycles. The molecule has 0 aromatic heterocycles. The predicted octanol–water partition coefficient (Wildman–Crippen LogP) is 1.54. The summed E-state index contributed by atoms with van der Waals surface area (Å²) in [5.74, 6) is 0.102. The highest BCUT2D eigenvalue weighted by atomic mass is 32.2. The molecule has 9 heteroatoms. The summed E-state index contributed by atoms with van der Waals surface area (Å²) in [7, 11) is -3.72. The van der Waals surface area contributed by atoms with E-state index in [0.29, 0.717) is 37.8 Å². The monoisotopic (exact) mass is 453 g/mol. The third-order valence-corrected chi connectivity index (χ3v) is 7.46. The van der Waals surface area contributed by atoms with E-state index < -0.39 is 15.6 Å². The first-order chi connectivity index (χ1) is 14.6. The predicted molar refractivity (Wildman–Crippen MR) is 119 cm³/mol. The highest BCUT2D eigenvalue weighted by Crippen LogP contribution is 2.22. The number of sulfonamides is 1. The Labute approximate surface area is 185 Å². The summed E-state index contributed by atoms with van der Waals surface area (Å²) >= 11 is 0. The number of nitrogens with zero attached hydrogens (tertiary/aromatic N) is 1. The Morgan fingerprint density at radius 2 is 1.90 bits per heavy atom. The van der Waals surface area contributed by atoms with E-state index in [2.05, 4.69) is 14.9 Å². The van der Waals surface area contributed by atoms with Crippen molar-refractivity contribution >= 4 is 15.9 Å². The number of morpholine rings is 1. The van der Waals surface area contributed by atoms with E-state index in [0.717, 1.165) is 31.7 Å². The molecule has 1 aromatic rings. The van der Waals surface area contributed by atoms with Crippen molar-refractivity contribution in [2.45, 2.75) is 50.6 Å². The average Bonchev–Trinajstić information content (AvgIpc) is 3.21. The van der Waals surface area contributed by atoms with Crippen LogP contribution in [0.2, 0.25) is 0 Å². The minimum atomic E-state index is -3.72. The van der Waals surface area contributed by atoms with Crippen LogP contribution in [-0.4, -0.2) is 76.9 Å². The Balaban J connectivity index is 1.74.